The van der Waals surface area contributed by atoms with Crippen LogP contribution in [0.2, 0.25) is 0 Å². The lowest BCUT2D eigenvalue weighted by Gasteiger charge is -2.48. The van der Waals surface area contributed by atoms with E-state index in [9.17, 15) is 14.4 Å². The number of hydrogen-bond acceptors (Lipinski definition) is 3. The van der Waals surface area contributed by atoms with Gasteiger partial charge in [-0.1, -0.05) is 6.08 Å². The Labute approximate surface area is 155 Å². The first kappa shape index (κ1) is 17.6. The average Bonchev–Trinajstić information content (AvgIpc) is 3.42. The summed E-state index contributed by atoms with van der Waals surface area (Å²) in [6.07, 6.45) is 7.94. The lowest BCUT2D eigenvalue weighted by molar-refractivity contribution is -0.144. The van der Waals surface area contributed by atoms with Gasteiger partial charge in [-0.15, -0.1) is 6.58 Å². The van der Waals surface area contributed by atoms with Crippen LogP contribution in [0.3, 0.4) is 0 Å². The van der Waals surface area contributed by atoms with Gasteiger partial charge in [0.1, 0.15) is 0 Å². The van der Waals surface area contributed by atoms with Gasteiger partial charge in [-0.05, 0) is 37.5 Å². The maximum Gasteiger partial charge on any atom is 0.227 e. The molecule has 0 radical (unpaired) electrons. The van der Waals surface area contributed by atoms with Crippen molar-refractivity contribution in [2.45, 2.75) is 51.0 Å². The summed E-state index contributed by atoms with van der Waals surface area (Å²) in [5, 5.41) is 0. The molecular weight excluding hydrogens is 330 g/mol. The van der Waals surface area contributed by atoms with Crippen LogP contribution in [0.4, 0.5) is 0 Å². The number of carbonyl (C=O) groups excluding carboxylic acids is 3. The van der Waals surface area contributed by atoms with Crippen LogP contribution >= 0.6 is 0 Å². The molecule has 3 saturated heterocycles. The quantitative estimate of drug-likeness (QED) is 0.713. The second-order valence-electron chi connectivity index (χ2n) is 8.57. The van der Waals surface area contributed by atoms with Crippen LogP contribution in [-0.4, -0.2) is 71.2 Å². The van der Waals surface area contributed by atoms with Gasteiger partial charge in [-0.2, -0.15) is 0 Å². The molecule has 4 rings (SSSR count). The van der Waals surface area contributed by atoms with Crippen molar-refractivity contribution in [3.05, 3.63) is 12.7 Å². The van der Waals surface area contributed by atoms with E-state index in [0.717, 1.165) is 51.7 Å². The lowest BCUT2D eigenvalue weighted by atomic mass is 9.72. The van der Waals surface area contributed by atoms with Crippen LogP contribution in [0.1, 0.15) is 44.9 Å². The second kappa shape index (κ2) is 6.71. The Balaban J connectivity index is 1.33. The van der Waals surface area contributed by atoms with Gasteiger partial charge in [-0.25, -0.2) is 0 Å². The van der Waals surface area contributed by atoms with E-state index in [1.807, 2.05) is 4.90 Å². The molecule has 0 aromatic rings. The minimum Gasteiger partial charge on any atom is -0.342 e. The highest BCUT2D eigenvalue weighted by molar-refractivity contribution is 5.89. The fourth-order valence-electron chi connectivity index (χ4n) is 4.90. The summed E-state index contributed by atoms with van der Waals surface area (Å²) in [7, 11) is 0. The molecule has 1 spiro atoms. The molecule has 0 N–H and O–H groups in total. The van der Waals surface area contributed by atoms with E-state index in [2.05, 4.69) is 11.5 Å². The van der Waals surface area contributed by atoms with Crippen LogP contribution in [0.25, 0.3) is 0 Å². The Morgan fingerprint density at radius 1 is 1.15 bits per heavy atom. The molecule has 1 atom stereocenters. The fraction of sp³-hybridized carbons (Fsp3) is 0.750. The van der Waals surface area contributed by atoms with E-state index >= 15 is 0 Å². The van der Waals surface area contributed by atoms with Gasteiger partial charge < -0.3 is 14.7 Å². The van der Waals surface area contributed by atoms with Gasteiger partial charge in [0, 0.05) is 51.6 Å². The molecule has 0 aromatic carbocycles. The highest BCUT2D eigenvalue weighted by Crippen LogP contribution is 2.43. The van der Waals surface area contributed by atoms with Gasteiger partial charge >= 0.3 is 0 Å². The predicted molar refractivity (Wildman–Crippen MR) is 97.1 cm³/mol. The van der Waals surface area contributed by atoms with E-state index in [-0.39, 0.29) is 23.1 Å². The minimum absolute atomic E-state index is 0.0580. The molecule has 3 amide bonds. The second-order valence-corrected chi connectivity index (χ2v) is 8.57. The summed E-state index contributed by atoms with van der Waals surface area (Å²) in [6, 6.07) is 0.486. The van der Waals surface area contributed by atoms with E-state index in [1.165, 1.54) is 0 Å². The molecule has 6 heteroatoms. The standard InChI is InChI=1S/C20H29N3O3/c1-2-9-22-13-15(12-18(22)25)19(26)21-10-7-20(8-11-21)6-5-17(24)23(14-20)16-3-4-16/h2,15-16H,1,3-14H2/t15-/m0/s1. The highest BCUT2D eigenvalue weighted by atomic mass is 16.2. The molecule has 1 saturated carbocycles. The third-order valence-corrected chi connectivity index (χ3v) is 6.73. The lowest BCUT2D eigenvalue weighted by Crippen LogP contribution is -2.53. The highest BCUT2D eigenvalue weighted by Gasteiger charge is 2.46. The molecule has 4 aliphatic rings. The van der Waals surface area contributed by atoms with Crippen molar-refractivity contribution in [1.29, 1.82) is 0 Å². The number of carbonyl (C=O) groups is 3. The third kappa shape index (κ3) is 3.26. The summed E-state index contributed by atoms with van der Waals surface area (Å²) >= 11 is 0. The molecule has 1 aliphatic carbocycles. The van der Waals surface area contributed by atoms with Crippen molar-refractivity contribution >= 4 is 17.7 Å². The Kier molecular flexibility index (Phi) is 4.53. The molecule has 142 valence electrons. The minimum atomic E-state index is -0.201. The zero-order valence-electron chi connectivity index (χ0n) is 15.5. The summed E-state index contributed by atoms with van der Waals surface area (Å²) in [5.41, 5.74) is 0.202. The molecule has 0 unspecified atom stereocenters. The normalized spacial score (nSPS) is 28.8. The predicted octanol–water partition coefficient (Wildman–Crippen LogP) is 1.41. The Hall–Kier alpha value is -1.85. The Bertz CT molecular complexity index is 620. The van der Waals surface area contributed by atoms with Crippen LogP contribution in [0.15, 0.2) is 12.7 Å². The molecule has 4 fully saturated rings. The van der Waals surface area contributed by atoms with E-state index in [0.29, 0.717) is 37.9 Å². The SMILES string of the molecule is C=CCN1C[C@@H](C(=O)N2CCC3(CCC(=O)N(C4CC4)C3)CC2)CC1=O. The monoisotopic (exact) mass is 359 g/mol. The van der Waals surface area contributed by atoms with Crippen molar-refractivity contribution in [2.75, 3.05) is 32.7 Å². The number of likely N-dealkylation sites (tertiary alicyclic amines) is 3. The Morgan fingerprint density at radius 3 is 2.54 bits per heavy atom. The Morgan fingerprint density at radius 2 is 1.88 bits per heavy atom. The maximum absolute atomic E-state index is 12.9. The summed E-state index contributed by atoms with van der Waals surface area (Å²) in [6.45, 7) is 7.13. The number of rotatable bonds is 4. The maximum atomic E-state index is 12.9. The van der Waals surface area contributed by atoms with Crippen molar-refractivity contribution in [3.8, 4) is 0 Å². The smallest absolute Gasteiger partial charge is 0.227 e. The molecule has 26 heavy (non-hydrogen) atoms. The molecule has 3 heterocycles. The van der Waals surface area contributed by atoms with Crippen molar-refractivity contribution < 1.29 is 14.4 Å². The van der Waals surface area contributed by atoms with E-state index in [1.54, 1.807) is 11.0 Å². The van der Waals surface area contributed by atoms with Gasteiger partial charge in [0.15, 0.2) is 0 Å². The van der Waals surface area contributed by atoms with Crippen molar-refractivity contribution in [2.24, 2.45) is 11.3 Å². The van der Waals surface area contributed by atoms with Crippen LogP contribution in [0.5, 0.6) is 0 Å². The van der Waals surface area contributed by atoms with Gasteiger partial charge in [0.25, 0.3) is 0 Å². The van der Waals surface area contributed by atoms with Gasteiger partial charge in [0.2, 0.25) is 17.7 Å². The zero-order chi connectivity index (χ0) is 18.3. The first-order valence-corrected chi connectivity index (χ1v) is 9.98. The number of piperidine rings is 2. The molecule has 6 nitrogen and oxygen atoms in total. The van der Waals surface area contributed by atoms with Crippen molar-refractivity contribution in [1.82, 2.24) is 14.7 Å². The number of hydrogen-bond donors (Lipinski definition) is 0. The topological polar surface area (TPSA) is 60.9 Å². The van der Waals surface area contributed by atoms with Gasteiger partial charge in [-0.3, -0.25) is 14.4 Å². The largest absolute Gasteiger partial charge is 0.342 e. The molecule has 0 aromatic heterocycles. The fourth-order valence-corrected chi connectivity index (χ4v) is 4.90. The molecule has 0 bridgehead atoms. The van der Waals surface area contributed by atoms with Crippen LogP contribution < -0.4 is 0 Å². The first-order chi connectivity index (χ1) is 12.5. The van der Waals surface area contributed by atoms with Crippen molar-refractivity contribution in [3.63, 3.8) is 0 Å². The van der Waals surface area contributed by atoms with E-state index < -0.39 is 0 Å². The third-order valence-electron chi connectivity index (χ3n) is 6.73. The number of amides is 3. The summed E-state index contributed by atoms with van der Waals surface area (Å²) in [4.78, 5) is 42.8. The molecule has 3 aliphatic heterocycles. The molecular formula is C20H29N3O3. The first-order valence-electron chi connectivity index (χ1n) is 9.98. The summed E-state index contributed by atoms with van der Waals surface area (Å²) < 4.78 is 0. The van der Waals surface area contributed by atoms with Crippen LogP contribution in [-0.2, 0) is 14.4 Å². The average molecular weight is 359 g/mol. The van der Waals surface area contributed by atoms with Gasteiger partial charge in [0.05, 0.1) is 5.92 Å². The van der Waals surface area contributed by atoms with Crippen LogP contribution in [0, 0.1) is 11.3 Å². The summed E-state index contributed by atoms with van der Waals surface area (Å²) in [5.74, 6) is 0.309. The van der Waals surface area contributed by atoms with E-state index in [4.69, 9.17) is 0 Å². The number of nitrogens with zero attached hydrogens (tertiary/aromatic N) is 3. The zero-order valence-corrected chi connectivity index (χ0v) is 15.5.